The van der Waals surface area contributed by atoms with E-state index in [1.807, 2.05) is 59.1 Å². The Morgan fingerprint density at radius 3 is 2.73 bits per heavy atom. The highest BCUT2D eigenvalue weighted by Gasteiger charge is 2.10. The van der Waals surface area contributed by atoms with Gasteiger partial charge in [-0.15, -0.1) is 5.10 Å². The minimum atomic E-state index is 0.491. The number of pyridine rings is 1. The van der Waals surface area contributed by atoms with Gasteiger partial charge >= 0.3 is 0 Å². The Balaban J connectivity index is 1.55. The van der Waals surface area contributed by atoms with Crippen molar-refractivity contribution in [1.82, 2.24) is 24.8 Å². The second-order valence-corrected chi connectivity index (χ2v) is 5.98. The molecule has 26 heavy (non-hydrogen) atoms. The van der Waals surface area contributed by atoms with Crippen molar-refractivity contribution in [2.24, 2.45) is 0 Å². The average Bonchev–Trinajstić information content (AvgIpc) is 3.25. The molecule has 5 rings (SSSR count). The van der Waals surface area contributed by atoms with Crippen LogP contribution in [-0.4, -0.2) is 24.8 Å². The van der Waals surface area contributed by atoms with Crippen LogP contribution in [0.15, 0.2) is 66.7 Å². The van der Waals surface area contributed by atoms with Crippen LogP contribution in [0.4, 0.5) is 17.5 Å². The minimum absolute atomic E-state index is 0.491. The van der Waals surface area contributed by atoms with Gasteiger partial charge in [-0.2, -0.15) is 10.1 Å². The summed E-state index contributed by atoms with van der Waals surface area (Å²) in [5.74, 6) is 1.02. The van der Waals surface area contributed by atoms with E-state index in [1.54, 1.807) is 0 Å². The van der Waals surface area contributed by atoms with E-state index in [2.05, 4.69) is 37.7 Å². The highest BCUT2D eigenvalue weighted by Crippen LogP contribution is 2.24. The molecule has 0 aliphatic rings. The number of nitrogens with one attached hydrogen (secondary N) is 2. The Bertz CT molecular complexity index is 1220. The number of aromatic nitrogens is 5. The number of fused-ring (bicyclic) bond motifs is 2. The minimum Gasteiger partial charge on any atom is -0.382 e. The summed E-state index contributed by atoms with van der Waals surface area (Å²) in [7, 11) is 0. The maximum absolute atomic E-state index is 5.81. The van der Waals surface area contributed by atoms with Crippen molar-refractivity contribution >= 4 is 34.0 Å². The predicted molar refractivity (Wildman–Crippen MR) is 102 cm³/mol. The lowest BCUT2D eigenvalue weighted by atomic mass is 10.1. The third kappa shape index (κ3) is 2.34. The Labute approximate surface area is 148 Å². The van der Waals surface area contributed by atoms with Gasteiger partial charge in [0.15, 0.2) is 11.5 Å². The quantitative estimate of drug-likeness (QED) is 0.466. The zero-order chi connectivity index (χ0) is 17.5. The third-order valence-electron chi connectivity index (χ3n) is 4.28. The standard InChI is InChI=1S/C19H15N7/c20-18-14-10-9-13(11-15(14)23-24-18)21-19-22-17-8-4-7-16(26(17)25-19)12-5-2-1-3-6-12/h1-11H,(H,21,25)(H3,20,23,24). The number of hydrogen-bond donors (Lipinski definition) is 3. The molecule has 2 aromatic carbocycles. The molecule has 0 unspecified atom stereocenters. The van der Waals surface area contributed by atoms with E-state index < -0.39 is 0 Å². The molecule has 126 valence electrons. The summed E-state index contributed by atoms with van der Waals surface area (Å²) in [6.07, 6.45) is 0. The summed E-state index contributed by atoms with van der Waals surface area (Å²) in [4.78, 5) is 4.57. The normalized spacial score (nSPS) is 11.2. The summed E-state index contributed by atoms with van der Waals surface area (Å²) < 4.78 is 1.84. The zero-order valence-electron chi connectivity index (χ0n) is 13.7. The highest BCUT2D eigenvalue weighted by atomic mass is 15.4. The van der Waals surface area contributed by atoms with Crippen molar-refractivity contribution in [3.05, 3.63) is 66.7 Å². The highest BCUT2D eigenvalue weighted by molar-refractivity contribution is 5.91. The molecule has 7 nitrogen and oxygen atoms in total. The Morgan fingerprint density at radius 2 is 1.85 bits per heavy atom. The number of hydrogen-bond acceptors (Lipinski definition) is 5. The molecule has 0 saturated heterocycles. The van der Waals surface area contributed by atoms with E-state index in [-0.39, 0.29) is 0 Å². The summed E-state index contributed by atoms with van der Waals surface area (Å²) in [6.45, 7) is 0. The van der Waals surface area contributed by atoms with Crippen LogP contribution in [0.1, 0.15) is 0 Å². The summed E-state index contributed by atoms with van der Waals surface area (Å²) in [5, 5.41) is 15.7. The van der Waals surface area contributed by atoms with Gasteiger partial charge in [0, 0.05) is 16.6 Å². The third-order valence-corrected chi connectivity index (χ3v) is 4.28. The van der Waals surface area contributed by atoms with Crippen LogP contribution in [0.5, 0.6) is 0 Å². The number of nitrogen functional groups attached to an aromatic ring is 1. The summed E-state index contributed by atoms with van der Waals surface area (Å²) >= 11 is 0. The predicted octanol–water partition coefficient (Wildman–Crippen LogP) is 3.60. The Morgan fingerprint density at radius 1 is 0.962 bits per heavy atom. The Hall–Kier alpha value is -3.87. The molecule has 0 bridgehead atoms. The number of anilines is 3. The molecule has 3 aromatic heterocycles. The van der Waals surface area contributed by atoms with Crippen LogP contribution in [0.25, 0.3) is 27.8 Å². The Kier molecular flexibility index (Phi) is 3.11. The van der Waals surface area contributed by atoms with Gasteiger partial charge in [0.05, 0.1) is 11.2 Å². The molecule has 0 aliphatic carbocycles. The first-order chi connectivity index (χ1) is 12.8. The second kappa shape index (κ2) is 5.59. The number of H-pyrrole nitrogens is 1. The van der Waals surface area contributed by atoms with E-state index in [4.69, 9.17) is 5.73 Å². The van der Waals surface area contributed by atoms with Gasteiger partial charge in [0.1, 0.15) is 0 Å². The van der Waals surface area contributed by atoms with Gasteiger partial charge in [-0.1, -0.05) is 36.4 Å². The number of nitrogens with two attached hydrogens (primary N) is 1. The van der Waals surface area contributed by atoms with Crippen LogP contribution in [0.2, 0.25) is 0 Å². The van der Waals surface area contributed by atoms with Gasteiger partial charge < -0.3 is 11.1 Å². The smallest absolute Gasteiger partial charge is 0.247 e. The van der Waals surface area contributed by atoms with E-state index in [1.165, 1.54) is 0 Å². The monoisotopic (exact) mass is 341 g/mol. The van der Waals surface area contributed by atoms with E-state index in [0.29, 0.717) is 11.8 Å². The number of rotatable bonds is 3. The van der Waals surface area contributed by atoms with Gasteiger partial charge in [-0.3, -0.25) is 5.10 Å². The van der Waals surface area contributed by atoms with E-state index in [9.17, 15) is 0 Å². The zero-order valence-corrected chi connectivity index (χ0v) is 13.7. The van der Waals surface area contributed by atoms with Crippen LogP contribution in [0, 0.1) is 0 Å². The molecular weight excluding hydrogens is 326 g/mol. The fourth-order valence-electron chi connectivity index (χ4n) is 3.03. The SMILES string of the molecule is Nc1n[nH]c2cc(Nc3nc4cccc(-c5ccccc5)n4n3)ccc12. The van der Waals surface area contributed by atoms with E-state index >= 15 is 0 Å². The summed E-state index contributed by atoms with van der Waals surface area (Å²) in [5.41, 5.74) is 10.4. The molecular formula is C19H15N7. The van der Waals surface area contributed by atoms with Crippen LogP contribution in [0.3, 0.4) is 0 Å². The molecule has 4 N–H and O–H groups in total. The molecule has 7 heteroatoms. The van der Waals surface area contributed by atoms with Crippen LogP contribution >= 0.6 is 0 Å². The molecule has 0 radical (unpaired) electrons. The molecule has 0 amide bonds. The molecule has 0 aliphatic heterocycles. The fourth-order valence-corrected chi connectivity index (χ4v) is 3.03. The molecule has 0 fully saturated rings. The number of benzene rings is 2. The van der Waals surface area contributed by atoms with Gasteiger partial charge in [-0.25, -0.2) is 4.52 Å². The molecule has 0 atom stereocenters. The van der Waals surface area contributed by atoms with Gasteiger partial charge in [0.25, 0.3) is 0 Å². The van der Waals surface area contributed by atoms with Crippen molar-refractivity contribution in [3.8, 4) is 11.3 Å². The lowest BCUT2D eigenvalue weighted by Gasteiger charge is -2.03. The largest absolute Gasteiger partial charge is 0.382 e. The maximum Gasteiger partial charge on any atom is 0.247 e. The van der Waals surface area contributed by atoms with Crippen molar-refractivity contribution in [2.75, 3.05) is 11.1 Å². The van der Waals surface area contributed by atoms with Crippen LogP contribution in [-0.2, 0) is 0 Å². The number of nitrogens with zero attached hydrogens (tertiary/aromatic N) is 4. The average molecular weight is 341 g/mol. The topological polar surface area (TPSA) is 96.9 Å². The molecule has 0 spiro atoms. The van der Waals surface area contributed by atoms with Crippen molar-refractivity contribution in [2.45, 2.75) is 0 Å². The lowest BCUT2D eigenvalue weighted by molar-refractivity contribution is 0.973. The first-order valence-corrected chi connectivity index (χ1v) is 8.20. The molecule has 3 heterocycles. The maximum atomic E-state index is 5.81. The molecule has 5 aromatic rings. The lowest BCUT2D eigenvalue weighted by Crippen LogP contribution is -1.95. The van der Waals surface area contributed by atoms with Crippen molar-refractivity contribution in [3.63, 3.8) is 0 Å². The van der Waals surface area contributed by atoms with Gasteiger partial charge in [0.2, 0.25) is 5.95 Å². The fraction of sp³-hybridized carbons (Fsp3) is 0. The first kappa shape index (κ1) is 14.5. The van der Waals surface area contributed by atoms with E-state index in [0.717, 1.165) is 33.5 Å². The van der Waals surface area contributed by atoms with Crippen LogP contribution < -0.4 is 11.1 Å². The summed E-state index contributed by atoms with van der Waals surface area (Å²) in [6, 6.07) is 21.9. The second-order valence-electron chi connectivity index (χ2n) is 5.98. The van der Waals surface area contributed by atoms with Gasteiger partial charge in [-0.05, 0) is 30.3 Å². The van der Waals surface area contributed by atoms with Crippen molar-refractivity contribution < 1.29 is 0 Å². The van der Waals surface area contributed by atoms with Crippen molar-refractivity contribution in [1.29, 1.82) is 0 Å². The first-order valence-electron chi connectivity index (χ1n) is 8.20. The molecule has 0 saturated carbocycles. The number of aromatic amines is 1.